The molecule has 0 saturated heterocycles. The van der Waals surface area contributed by atoms with Crippen LogP contribution in [0.5, 0.6) is 0 Å². The molecule has 1 aromatic heterocycles. The summed E-state index contributed by atoms with van der Waals surface area (Å²) >= 11 is 0. The molecule has 0 spiro atoms. The second-order valence-corrected chi connectivity index (χ2v) is 7.65. The van der Waals surface area contributed by atoms with Crippen LogP contribution >= 0.6 is 0 Å². The van der Waals surface area contributed by atoms with Crippen LogP contribution in [0.4, 0.5) is 8.78 Å². The zero-order valence-corrected chi connectivity index (χ0v) is 16.3. The third-order valence-corrected chi connectivity index (χ3v) is 5.94. The predicted octanol–water partition coefficient (Wildman–Crippen LogP) is 4.75. The number of aromatic nitrogens is 2. The standard InChI is InChI=1S/C23H19F2N3O2/c1-30-23(26-22(29)13-5-3-2-4-6-13)20-19-14-7-8-15(11-14)21(19)28(27-20)18-10-9-16(24)12-17(18)25/h2-6,9-10,12,14-15H,7-8,11H2,1H3. The fourth-order valence-electron chi connectivity index (χ4n) is 4.66. The van der Waals surface area contributed by atoms with Gasteiger partial charge >= 0.3 is 0 Å². The van der Waals surface area contributed by atoms with Crippen molar-refractivity contribution in [1.82, 2.24) is 9.78 Å². The molecule has 5 nitrogen and oxygen atoms in total. The van der Waals surface area contributed by atoms with Crippen LogP contribution in [-0.4, -0.2) is 28.7 Å². The molecule has 2 aromatic carbocycles. The van der Waals surface area contributed by atoms with Gasteiger partial charge in [-0.05, 0) is 49.4 Å². The van der Waals surface area contributed by atoms with Crippen molar-refractivity contribution < 1.29 is 18.3 Å². The third kappa shape index (κ3) is 2.93. The number of hydrogen-bond acceptors (Lipinski definition) is 3. The first-order valence-electron chi connectivity index (χ1n) is 9.87. The second-order valence-electron chi connectivity index (χ2n) is 7.65. The Labute approximate surface area is 172 Å². The number of benzene rings is 2. The van der Waals surface area contributed by atoms with Crippen molar-refractivity contribution in [3.05, 3.63) is 82.7 Å². The first kappa shape index (κ1) is 18.7. The van der Waals surface area contributed by atoms with Gasteiger partial charge in [0, 0.05) is 23.1 Å². The number of carbonyl (C=O) groups excluding carboxylic acids is 1. The summed E-state index contributed by atoms with van der Waals surface area (Å²) < 4.78 is 35.0. The second kappa shape index (κ2) is 7.16. The van der Waals surface area contributed by atoms with E-state index in [2.05, 4.69) is 10.1 Å². The number of methoxy groups -OCH3 is 1. The topological polar surface area (TPSA) is 56.5 Å². The van der Waals surface area contributed by atoms with Gasteiger partial charge in [0.1, 0.15) is 11.5 Å². The maximum absolute atomic E-state index is 14.6. The van der Waals surface area contributed by atoms with Crippen molar-refractivity contribution in [2.24, 2.45) is 4.99 Å². The normalized spacial score (nSPS) is 19.8. The predicted molar refractivity (Wildman–Crippen MR) is 107 cm³/mol. The molecule has 3 aromatic rings. The van der Waals surface area contributed by atoms with Crippen LogP contribution in [0, 0.1) is 11.6 Å². The molecule has 0 N–H and O–H groups in total. The first-order valence-corrected chi connectivity index (χ1v) is 9.87. The lowest BCUT2D eigenvalue weighted by atomic mass is 9.95. The van der Waals surface area contributed by atoms with Crippen LogP contribution in [0.2, 0.25) is 0 Å². The van der Waals surface area contributed by atoms with Gasteiger partial charge in [0.2, 0.25) is 5.90 Å². The number of amides is 1. The molecule has 2 atom stereocenters. The van der Waals surface area contributed by atoms with Crippen LogP contribution in [0.15, 0.2) is 53.5 Å². The first-order chi connectivity index (χ1) is 14.6. The molecule has 30 heavy (non-hydrogen) atoms. The average molecular weight is 407 g/mol. The molecule has 1 amide bonds. The minimum absolute atomic E-state index is 0.105. The molecule has 2 aliphatic rings. The van der Waals surface area contributed by atoms with Crippen molar-refractivity contribution in [2.45, 2.75) is 31.1 Å². The molecule has 0 aliphatic heterocycles. The number of fused-ring (bicyclic) bond motifs is 5. The van der Waals surface area contributed by atoms with Gasteiger partial charge in [-0.2, -0.15) is 10.1 Å². The molecule has 2 bridgehead atoms. The summed E-state index contributed by atoms with van der Waals surface area (Å²) in [5.74, 6) is -1.15. The maximum Gasteiger partial charge on any atom is 0.280 e. The van der Waals surface area contributed by atoms with E-state index in [1.54, 1.807) is 24.3 Å². The Hall–Kier alpha value is -3.35. The molecule has 1 saturated carbocycles. The monoisotopic (exact) mass is 407 g/mol. The lowest BCUT2D eigenvalue weighted by Gasteiger charge is -2.14. The van der Waals surface area contributed by atoms with E-state index in [9.17, 15) is 13.6 Å². The lowest BCUT2D eigenvalue weighted by molar-refractivity contribution is 0.1000. The van der Waals surface area contributed by atoms with Crippen molar-refractivity contribution in [3.8, 4) is 5.69 Å². The highest BCUT2D eigenvalue weighted by molar-refractivity contribution is 6.07. The molecular formula is C23H19F2N3O2. The van der Waals surface area contributed by atoms with Crippen LogP contribution in [0.1, 0.15) is 58.4 Å². The number of hydrogen-bond donors (Lipinski definition) is 0. The van der Waals surface area contributed by atoms with Gasteiger partial charge in [0.25, 0.3) is 5.91 Å². The maximum atomic E-state index is 14.6. The number of carbonyl (C=O) groups is 1. The molecule has 7 heteroatoms. The van der Waals surface area contributed by atoms with Gasteiger partial charge in [-0.25, -0.2) is 13.5 Å². The molecular weight excluding hydrogens is 388 g/mol. The summed E-state index contributed by atoms with van der Waals surface area (Å²) in [6.07, 6.45) is 2.95. The molecule has 1 heterocycles. The molecule has 5 rings (SSSR count). The molecule has 1 fully saturated rings. The average Bonchev–Trinajstić information content (AvgIpc) is 3.46. The SMILES string of the molecule is COC(=NC(=O)c1ccccc1)c1nn(-c2ccc(F)cc2F)c2c1C1CCC2C1. The summed E-state index contributed by atoms with van der Waals surface area (Å²) in [6.45, 7) is 0. The summed E-state index contributed by atoms with van der Waals surface area (Å²) in [5, 5.41) is 4.60. The fourth-order valence-corrected chi connectivity index (χ4v) is 4.66. The zero-order chi connectivity index (χ0) is 20.8. The van der Waals surface area contributed by atoms with E-state index in [0.717, 1.165) is 36.6 Å². The van der Waals surface area contributed by atoms with E-state index in [-0.39, 0.29) is 23.4 Å². The number of aliphatic imine (C=N–C) groups is 1. The van der Waals surface area contributed by atoms with E-state index >= 15 is 0 Å². The van der Waals surface area contributed by atoms with Crippen LogP contribution in [0.3, 0.4) is 0 Å². The van der Waals surface area contributed by atoms with Crippen LogP contribution in [-0.2, 0) is 4.74 Å². The van der Waals surface area contributed by atoms with Crippen molar-refractivity contribution >= 4 is 11.8 Å². The highest BCUT2D eigenvalue weighted by Gasteiger charge is 2.44. The van der Waals surface area contributed by atoms with E-state index in [0.29, 0.717) is 11.3 Å². The number of ether oxygens (including phenoxy) is 1. The Balaban J connectivity index is 1.65. The van der Waals surface area contributed by atoms with E-state index in [1.165, 1.54) is 23.9 Å². The minimum Gasteiger partial charge on any atom is -0.479 e. The van der Waals surface area contributed by atoms with Gasteiger partial charge in [0.05, 0.1) is 12.8 Å². The Bertz CT molecular complexity index is 1170. The van der Waals surface area contributed by atoms with Crippen molar-refractivity contribution in [1.29, 1.82) is 0 Å². The smallest absolute Gasteiger partial charge is 0.280 e. The zero-order valence-electron chi connectivity index (χ0n) is 16.3. The van der Waals surface area contributed by atoms with Crippen molar-refractivity contribution in [2.75, 3.05) is 7.11 Å². The summed E-state index contributed by atoms with van der Waals surface area (Å²) in [5.41, 5.74) is 2.93. The Kier molecular flexibility index (Phi) is 4.46. The van der Waals surface area contributed by atoms with Gasteiger partial charge in [-0.15, -0.1) is 0 Å². The molecule has 0 radical (unpaired) electrons. The highest BCUT2D eigenvalue weighted by Crippen LogP contribution is 2.54. The van der Waals surface area contributed by atoms with Crippen LogP contribution < -0.4 is 0 Å². The van der Waals surface area contributed by atoms with Gasteiger partial charge < -0.3 is 4.74 Å². The largest absolute Gasteiger partial charge is 0.479 e. The quantitative estimate of drug-likeness (QED) is 0.465. The van der Waals surface area contributed by atoms with E-state index in [1.807, 2.05) is 6.07 Å². The molecule has 2 aliphatic carbocycles. The highest BCUT2D eigenvalue weighted by atomic mass is 19.1. The Morgan fingerprint density at radius 3 is 2.63 bits per heavy atom. The van der Waals surface area contributed by atoms with Gasteiger partial charge in [-0.3, -0.25) is 4.79 Å². The van der Waals surface area contributed by atoms with Crippen molar-refractivity contribution in [3.63, 3.8) is 0 Å². The lowest BCUT2D eigenvalue weighted by Crippen LogP contribution is -2.12. The summed E-state index contributed by atoms with van der Waals surface area (Å²) in [4.78, 5) is 16.8. The van der Waals surface area contributed by atoms with E-state index in [4.69, 9.17) is 4.74 Å². The Morgan fingerprint density at radius 1 is 1.13 bits per heavy atom. The van der Waals surface area contributed by atoms with Gasteiger partial charge in [-0.1, -0.05) is 18.2 Å². The minimum atomic E-state index is -0.689. The summed E-state index contributed by atoms with van der Waals surface area (Å²) in [6, 6.07) is 12.1. The van der Waals surface area contributed by atoms with E-state index < -0.39 is 17.5 Å². The third-order valence-electron chi connectivity index (χ3n) is 5.94. The number of halogens is 2. The van der Waals surface area contributed by atoms with Gasteiger partial charge in [0.15, 0.2) is 11.5 Å². The van der Waals surface area contributed by atoms with Crippen LogP contribution in [0.25, 0.3) is 5.69 Å². The summed E-state index contributed by atoms with van der Waals surface area (Å²) in [7, 11) is 1.44. The molecule has 152 valence electrons. The number of rotatable bonds is 3. The Morgan fingerprint density at radius 2 is 1.90 bits per heavy atom. The fraction of sp³-hybridized carbons (Fsp3) is 0.261. The molecule has 2 unspecified atom stereocenters. The number of nitrogens with zero attached hydrogens (tertiary/aromatic N) is 3.